The maximum atomic E-state index is 12.6. The Morgan fingerprint density at radius 1 is 0.929 bits per heavy atom. The van der Waals surface area contributed by atoms with Crippen molar-refractivity contribution in [1.82, 2.24) is 19.6 Å². The van der Waals surface area contributed by atoms with E-state index < -0.39 is 0 Å². The Kier molecular flexibility index (Phi) is 5.21. The van der Waals surface area contributed by atoms with E-state index in [1.54, 1.807) is 34.0 Å². The Morgan fingerprint density at radius 2 is 1.68 bits per heavy atom. The molecule has 2 heterocycles. The van der Waals surface area contributed by atoms with Crippen molar-refractivity contribution in [3.8, 4) is 0 Å². The van der Waals surface area contributed by atoms with E-state index in [0.29, 0.717) is 29.5 Å². The number of amides is 1. The van der Waals surface area contributed by atoms with Crippen LogP contribution in [-0.2, 0) is 13.1 Å². The van der Waals surface area contributed by atoms with E-state index in [2.05, 4.69) is 15.5 Å². The molecule has 28 heavy (non-hydrogen) atoms. The van der Waals surface area contributed by atoms with Gasteiger partial charge in [0.1, 0.15) is 5.82 Å². The lowest BCUT2D eigenvalue weighted by Crippen LogP contribution is -2.15. The topological polar surface area (TPSA) is 64.7 Å². The highest BCUT2D eigenvalue weighted by molar-refractivity contribution is 6.30. The highest BCUT2D eigenvalue weighted by Gasteiger charge is 2.12. The Hall–Kier alpha value is -3.38. The summed E-state index contributed by atoms with van der Waals surface area (Å²) in [6, 6.07) is 19.3. The highest BCUT2D eigenvalue weighted by Crippen LogP contribution is 2.14. The molecule has 0 spiro atoms. The first-order chi connectivity index (χ1) is 13.7. The molecule has 0 aliphatic heterocycles. The normalized spacial score (nSPS) is 10.8. The summed E-state index contributed by atoms with van der Waals surface area (Å²) in [5.41, 5.74) is 2.66. The monoisotopic (exact) mass is 391 g/mol. The largest absolute Gasteiger partial charge is 0.307 e. The number of halogens is 1. The molecule has 0 bridgehead atoms. The molecule has 0 saturated heterocycles. The van der Waals surface area contributed by atoms with Crippen molar-refractivity contribution < 1.29 is 4.79 Å². The summed E-state index contributed by atoms with van der Waals surface area (Å²) in [7, 11) is 0. The molecule has 2 aromatic carbocycles. The van der Waals surface area contributed by atoms with Gasteiger partial charge in [-0.2, -0.15) is 10.2 Å². The predicted molar refractivity (Wildman–Crippen MR) is 109 cm³/mol. The molecule has 0 unspecified atom stereocenters. The van der Waals surface area contributed by atoms with Gasteiger partial charge in [-0.1, -0.05) is 54.1 Å². The van der Waals surface area contributed by atoms with Gasteiger partial charge in [0.05, 0.1) is 31.0 Å². The maximum absolute atomic E-state index is 12.6. The number of benzene rings is 2. The molecule has 1 amide bonds. The summed E-state index contributed by atoms with van der Waals surface area (Å²) in [5.74, 6) is 0.396. The minimum absolute atomic E-state index is 0.225. The van der Waals surface area contributed by atoms with E-state index >= 15 is 0 Å². The average molecular weight is 392 g/mol. The van der Waals surface area contributed by atoms with Gasteiger partial charge in [0.15, 0.2) is 0 Å². The Labute approximate surface area is 167 Å². The molecule has 0 saturated carbocycles. The van der Waals surface area contributed by atoms with Crippen LogP contribution in [-0.4, -0.2) is 25.5 Å². The molecule has 0 aliphatic rings. The number of carbonyl (C=O) groups excluding carboxylic acids is 1. The van der Waals surface area contributed by atoms with Crippen molar-refractivity contribution in [2.24, 2.45) is 0 Å². The third-order valence-electron chi connectivity index (χ3n) is 4.29. The van der Waals surface area contributed by atoms with Crippen LogP contribution in [0.4, 0.5) is 5.82 Å². The third-order valence-corrected chi connectivity index (χ3v) is 4.54. The lowest BCUT2D eigenvalue weighted by molar-refractivity contribution is 0.102. The van der Waals surface area contributed by atoms with Gasteiger partial charge in [-0.15, -0.1) is 0 Å². The van der Waals surface area contributed by atoms with Crippen LogP contribution in [0.15, 0.2) is 79.3 Å². The molecule has 4 rings (SSSR count). The Balaban J connectivity index is 1.43. The number of hydrogen-bond donors (Lipinski definition) is 1. The fourth-order valence-electron chi connectivity index (χ4n) is 2.85. The molecule has 4 aromatic rings. The molecule has 0 fully saturated rings. The van der Waals surface area contributed by atoms with Crippen LogP contribution in [0.5, 0.6) is 0 Å². The van der Waals surface area contributed by atoms with Crippen molar-refractivity contribution in [2.75, 3.05) is 5.32 Å². The van der Waals surface area contributed by atoms with Gasteiger partial charge in [-0.05, 0) is 23.3 Å². The number of hydrogen-bond acceptors (Lipinski definition) is 3. The summed E-state index contributed by atoms with van der Waals surface area (Å²) in [6.45, 7) is 1.15. The summed E-state index contributed by atoms with van der Waals surface area (Å²) < 4.78 is 3.48. The maximum Gasteiger partial charge on any atom is 0.259 e. The first kappa shape index (κ1) is 18.0. The second-order valence-corrected chi connectivity index (χ2v) is 6.80. The Bertz CT molecular complexity index is 1070. The Morgan fingerprint density at radius 3 is 2.46 bits per heavy atom. The van der Waals surface area contributed by atoms with Crippen molar-refractivity contribution in [3.05, 3.63) is 101 Å². The minimum atomic E-state index is -0.225. The molecular formula is C21H18ClN5O. The summed E-state index contributed by atoms with van der Waals surface area (Å²) >= 11 is 5.93. The van der Waals surface area contributed by atoms with Crippen LogP contribution < -0.4 is 5.32 Å². The van der Waals surface area contributed by atoms with Crippen LogP contribution in [0.2, 0.25) is 5.02 Å². The highest BCUT2D eigenvalue weighted by atomic mass is 35.5. The van der Waals surface area contributed by atoms with E-state index in [4.69, 9.17) is 11.6 Å². The summed E-state index contributed by atoms with van der Waals surface area (Å²) in [5, 5.41) is 12.2. The number of carbonyl (C=O) groups is 1. The number of aromatic nitrogens is 4. The van der Waals surface area contributed by atoms with Gasteiger partial charge in [-0.3, -0.25) is 9.48 Å². The zero-order valence-corrected chi connectivity index (χ0v) is 15.8. The zero-order chi connectivity index (χ0) is 19.3. The molecule has 0 atom stereocenters. The zero-order valence-electron chi connectivity index (χ0n) is 15.0. The van der Waals surface area contributed by atoms with Gasteiger partial charge in [0.2, 0.25) is 0 Å². The van der Waals surface area contributed by atoms with Crippen LogP contribution in [0.3, 0.4) is 0 Å². The van der Waals surface area contributed by atoms with E-state index in [0.717, 1.165) is 11.1 Å². The molecule has 7 heteroatoms. The predicted octanol–water partition coefficient (Wildman–Crippen LogP) is 4.08. The minimum Gasteiger partial charge on any atom is -0.307 e. The van der Waals surface area contributed by atoms with Gasteiger partial charge < -0.3 is 5.32 Å². The number of nitrogens with zero attached hydrogens (tertiary/aromatic N) is 4. The van der Waals surface area contributed by atoms with Crippen LogP contribution in [0, 0.1) is 0 Å². The molecule has 6 nitrogen and oxygen atoms in total. The van der Waals surface area contributed by atoms with E-state index in [9.17, 15) is 4.79 Å². The van der Waals surface area contributed by atoms with Crippen molar-refractivity contribution in [1.29, 1.82) is 0 Å². The molecular weight excluding hydrogens is 374 g/mol. The van der Waals surface area contributed by atoms with Crippen LogP contribution in [0.25, 0.3) is 0 Å². The van der Waals surface area contributed by atoms with Gasteiger partial charge >= 0.3 is 0 Å². The second-order valence-electron chi connectivity index (χ2n) is 6.37. The van der Waals surface area contributed by atoms with Crippen molar-refractivity contribution >= 4 is 23.3 Å². The van der Waals surface area contributed by atoms with E-state index in [1.807, 2.05) is 54.6 Å². The fourth-order valence-corrected chi connectivity index (χ4v) is 2.98. The molecule has 0 radical (unpaired) electrons. The first-order valence-corrected chi connectivity index (χ1v) is 9.19. The summed E-state index contributed by atoms with van der Waals surface area (Å²) in [6.07, 6.45) is 4.96. The molecule has 0 aliphatic carbocycles. The lowest BCUT2D eigenvalue weighted by Gasteiger charge is -2.08. The first-order valence-electron chi connectivity index (χ1n) is 8.81. The van der Waals surface area contributed by atoms with Gasteiger partial charge in [-0.25, -0.2) is 4.68 Å². The molecule has 140 valence electrons. The second kappa shape index (κ2) is 8.10. The van der Waals surface area contributed by atoms with Gasteiger partial charge in [0.25, 0.3) is 5.91 Å². The number of nitrogens with one attached hydrogen (secondary N) is 1. The summed E-state index contributed by atoms with van der Waals surface area (Å²) in [4.78, 5) is 12.6. The van der Waals surface area contributed by atoms with Crippen LogP contribution in [0.1, 0.15) is 21.5 Å². The number of anilines is 1. The standard InChI is InChI=1S/C21H18ClN5O/c22-19-8-6-17(7-9-19)14-27-20(10-11-23-27)25-21(28)18-12-24-26(15-18)13-16-4-2-1-3-5-16/h1-12,15H,13-14H2,(H,25,28). The third kappa shape index (κ3) is 4.29. The van der Waals surface area contributed by atoms with Crippen LogP contribution >= 0.6 is 11.6 Å². The smallest absolute Gasteiger partial charge is 0.259 e. The average Bonchev–Trinajstić information content (AvgIpc) is 3.34. The van der Waals surface area contributed by atoms with Crippen molar-refractivity contribution in [2.45, 2.75) is 13.1 Å². The lowest BCUT2D eigenvalue weighted by atomic mass is 10.2. The SMILES string of the molecule is O=C(Nc1ccnn1Cc1ccc(Cl)cc1)c1cnn(Cc2ccccc2)c1. The number of rotatable bonds is 6. The van der Waals surface area contributed by atoms with E-state index in [-0.39, 0.29) is 5.91 Å². The molecule has 2 aromatic heterocycles. The van der Waals surface area contributed by atoms with Crippen molar-refractivity contribution in [3.63, 3.8) is 0 Å². The quantitative estimate of drug-likeness (QED) is 0.538. The van der Waals surface area contributed by atoms with Gasteiger partial charge in [0, 0.05) is 17.3 Å². The fraction of sp³-hybridized carbons (Fsp3) is 0.0952. The van der Waals surface area contributed by atoms with E-state index in [1.165, 1.54) is 0 Å². The molecule has 1 N–H and O–H groups in total.